The summed E-state index contributed by atoms with van der Waals surface area (Å²) in [7, 11) is 0. The highest BCUT2D eigenvalue weighted by Crippen LogP contribution is 2.23. The Hall–Kier alpha value is -1.56. The van der Waals surface area contributed by atoms with Gasteiger partial charge >= 0.3 is 12.0 Å². The summed E-state index contributed by atoms with van der Waals surface area (Å²) < 4.78 is 5.32. The summed E-state index contributed by atoms with van der Waals surface area (Å²) in [6, 6.07) is -0.0945. The van der Waals surface area contributed by atoms with Crippen LogP contribution in [-0.2, 0) is 0 Å². The number of amides is 2. The lowest BCUT2D eigenvalue weighted by atomic mass is 9.96. The van der Waals surface area contributed by atoms with E-state index in [2.05, 4.69) is 15.6 Å². The number of hydrogen-bond acceptors (Lipinski definition) is 4. The van der Waals surface area contributed by atoms with Crippen LogP contribution in [0.5, 0.6) is 0 Å². The van der Waals surface area contributed by atoms with Crippen molar-refractivity contribution in [3.8, 4) is 0 Å². The zero-order chi connectivity index (χ0) is 14.5. The normalized spacial score (nSPS) is 23.1. The molecule has 0 aliphatic heterocycles. The molecule has 0 radical (unpaired) electrons. The summed E-state index contributed by atoms with van der Waals surface area (Å²) in [5.41, 5.74) is 0.767. The van der Waals surface area contributed by atoms with E-state index >= 15 is 0 Å². The minimum Gasteiger partial charge on any atom is -0.428 e. The van der Waals surface area contributed by atoms with Crippen molar-refractivity contribution in [2.45, 2.75) is 52.0 Å². The number of carbonyl (C=O) groups excluding carboxylic acids is 1. The largest absolute Gasteiger partial charge is 0.428 e. The molecular weight excluding hydrogens is 258 g/mol. The number of rotatable bonds is 3. The average molecular weight is 281 g/mol. The lowest BCUT2D eigenvalue weighted by Crippen LogP contribution is -2.43. The molecule has 0 saturated heterocycles. The summed E-state index contributed by atoms with van der Waals surface area (Å²) in [6.45, 7) is 3.75. The zero-order valence-electron chi connectivity index (χ0n) is 12.1. The van der Waals surface area contributed by atoms with Gasteiger partial charge in [0.05, 0.1) is 5.69 Å². The minimum atomic E-state index is -0.323. The molecule has 1 heterocycles. The van der Waals surface area contributed by atoms with Crippen LogP contribution in [0, 0.1) is 19.8 Å². The molecule has 0 spiro atoms. The third kappa shape index (κ3) is 3.72. The Bertz CT molecular complexity index is 439. The van der Waals surface area contributed by atoms with Gasteiger partial charge < -0.3 is 14.8 Å². The number of aliphatic hydroxyl groups is 1. The number of nitrogens with zero attached hydrogens (tertiary/aromatic N) is 1. The topological polar surface area (TPSA) is 87.4 Å². The third-order valence-electron chi connectivity index (χ3n) is 3.96. The maximum absolute atomic E-state index is 12.0. The van der Waals surface area contributed by atoms with Crippen molar-refractivity contribution < 1.29 is 14.3 Å². The Balaban J connectivity index is 1.92. The Morgan fingerprint density at radius 3 is 2.75 bits per heavy atom. The monoisotopic (exact) mass is 281 g/mol. The molecule has 0 aromatic carbocycles. The second kappa shape index (κ2) is 6.74. The molecule has 112 valence electrons. The molecule has 6 nitrogen and oxygen atoms in total. The van der Waals surface area contributed by atoms with Crippen LogP contribution in [-0.4, -0.2) is 28.8 Å². The van der Waals surface area contributed by atoms with Crippen molar-refractivity contribution in [2.24, 2.45) is 5.92 Å². The molecule has 6 heteroatoms. The molecule has 1 aromatic heterocycles. The number of carbonyl (C=O) groups is 1. The van der Waals surface area contributed by atoms with Gasteiger partial charge in [0.25, 0.3) is 0 Å². The second-order valence-electron chi connectivity index (χ2n) is 5.45. The molecule has 2 unspecified atom stereocenters. The van der Waals surface area contributed by atoms with Crippen molar-refractivity contribution in [1.82, 2.24) is 10.3 Å². The predicted octanol–water partition coefficient (Wildman–Crippen LogP) is 2.35. The number of anilines is 1. The molecule has 1 saturated carbocycles. The Labute approximate surface area is 119 Å². The van der Waals surface area contributed by atoms with Crippen LogP contribution in [0.25, 0.3) is 0 Å². The molecular formula is C14H23N3O3. The first-order chi connectivity index (χ1) is 9.60. The van der Waals surface area contributed by atoms with Crippen molar-refractivity contribution in [1.29, 1.82) is 0 Å². The van der Waals surface area contributed by atoms with E-state index in [1.165, 1.54) is 0 Å². The van der Waals surface area contributed by atoms with Crippen LogP contribution in [0.4, 0.5) is 10.8 Å². The lowest BCUT2D eigenvalue weighted by molar-refractivity contribution is 0.182. The van der Waals surface area contributed by atoms with Crippen LogP contribution >= 0.6 is 0 Å². The molecule has 3 N–H and O–H groups in total. The number of hydrogen-bond donors (Lipinski definition) is 3. The SMILES string of the molecule is Cc1nc(NC(=O)NC2CCCCCC2CO)oc1C. The lowest BCUT2D eigenvalue weighted by Gasteiger charge is -2.24. The van der Waals surface area contributed by atoms with Crippen molar-refractivity contribution >= 4 is 12.0 Å². The van der Waals surface area contributed by atoms with Gasteiger partial charge in [0.1, 0.15) is 5.76 Å². The van der Waals surface area contributed by atoms with Gasteiger partial charge in [-0.05, 0) is 26.7 Å². The first-order valence-electron chi connectivity index (χ1n) is 7.22. The second-order valence-corrected chi connectivity index (χ2v) is 5.45. The van der Waals surface area contributed by atoms with E-state index < -0.39 is 0 Å². The number of nitrogens with one attached hydrogen (secondary N) is 2. The van der Waals surface area contributed by atoms with E-state index in [4.69, 9.17) is 4.42 Å². The average Bonchev–Trinajstić information content (AvgIpc) is 2.62. The fourth-order valence-corrected chi connectivity index (χ4v) is 2.62. The molecule has 2 amide bonds. The summed E-state index contributed by atoms with van der Waals surface area (Å²) in [4.78, 5) is 16.1. The van der Waals surface area contributed by atoms with Gasteiger partial charge in [0, 0.05) is 18.6 Å². The van der Waals surface area contributed by atoms with Crippen LogP contribution < -0.4 is 10.6 Å². The highest BCUT2D eigenvalue weighted by atomic mass is 16.4. The van der Waals surface area contributed by atoms with Gasteiger partial charge in [0.2, 0.25) is 0 Å². The van der Waals surface area contributed by atoms with E-state index in [1.807, 2.05) is 6.92 Å². The third-order valence-corrected chi connectivity index (χ3v) is 3.96. The highest BCUT2D eigenvalue weighted by Gasteiger charge is 2.25. The van der Waals surface area contributed by atoms with Crippen LogP contribution in [0.3, 0.4) is 0 Å². The molecule has 20 heavy (non-hydrogen) atoms. The molecule has 1 aliphatic carbocycles. The maximum atomic E-state index is 12.0. The zero-order valence-corrected chi connectivity index (χ0v) is 12.1. The van der Waals surface area contributed by atoms with Crippen molar-refractivity contribution in [2.75, 3.05) is 11.9 Å². The van der Waals surface area contributed by atoms with Crippen molar-refractivity contribution in [3.63, 3.8) is 0 Å². The van der Waals surface area contributed by atoms with E-state index in [9.17, 15) is 9.90 Å². The minimum absolute atomic E-state index is 0.0136. The Morgan fingerprint density at radius 2 is 2.10 bits per heavy atom. The smallest absolute Gasteiger partial charge is 0.323 e. The first-order valence-corrected chi connectivity index (χ1v) is 7.22. The summed E-state index contributed by atoms with van der Waals surface area (Å²) in [5.74, 6) is 0.833. The number of urea groups is 1. The van der Waals surface area contributed by atoms with Gasteiger partial charge in [-0.3, -0.25) is 5.32 Å². The number of aromatic nitrogens is 1. The molecule has 2 atom stereocenters. The predicted molar refractivity (Wildman–Crippen MR) is 75.6 cm³/mol. The van der Waals surface area contributed by atoms with E-state index in [0.29, 0.717) is 5.76 Å². The molecule has 1 aliphatic rings. The fraction of sp³-hybridized carbons (Fsp3) is 0.714. The quantitative estimate of drug-likeness (QED) is 0.742. The molecule has 2 rings (SSSR count). The van der Waals surface area contributed by atoms with Gasteiger partial charge in [-0.2, -0.15) is 4.98 Å². The summed E-state index contributed by atoms with van der Waals surface area (Å²) in [6.07, 6.45) is 5.22. The number of aliphatic hydroxyl groups excluding tert-OH is 1. The molecule has 1 aromatic rings. The fourth-order valence-electron chi connectivity index (χ4n) is 2.62. The standard InChI is InChI=1S/C14H23N3O3/c1-9-10(2)20-14(15-9)17-13(19)16-12-7-5-3-4-6-11(12)8-18/h11-12,18H,3-8H2,1-2H3,(H2,15,16,17,19). The Morgan fingerprint density at radius 1 is 1.35 bits per heavy atom. The number of aryl methyl sites for hydroxylation is 2. The van der Waals surface area contributed by atoms with Crippen molar-refractivity contribution in [3.05, 3.63) is 11.5 Å². The number of oxazole rings is 1. The first kappa shape index (κ1) is 14.8. The van der Waals surface area contributed by atoms with E-state index in [1.54, 1.807) is 6.92 Å². The summed E-state index contributed by atoms with van der Waals surface area (Å²) >= 11 is 0. The van der Waals surface area contributed by atoms with E-state index in [0.717, 1.165) is 37.8 Å². The summed E-state index contributed by atoms with van der Waals surface area (Å²) in [5, 5.41) is 15.0. The van der Waals surface area contributed by atoms with Crippen LogP contribution in [0.2, 0.25) is 0 Å². The van der Waals surface area contributed by atoms with Crippen LogP contribution in [0.1, 0.15) is 43.6 Å². The van der Waals surface area contributed by atoms with E-state index in [-0.39, 0.29) is 30.6 Å². The Kier molecular flexibility index (Phi) is 5.00. The van der Waals surface area contributed by atoms with Gasteiger partial charge in [-0.15, -0.1) is 0 Å². The maximum Gasteiger partial charge on any atom is 0.323 e. The molecule has 1 fully saturated rings. The van der Waals surface area contributed by atoms with Gasteiger partial charge in [-0.25, -0.2) is 4.79 Å². The highest BCUT2D eigenvalue weighted by molar-refractivity contribution is 5.87. The van der Waals surface area contributed by atoms with Gasteiger partial charge in [-0.1, -0.05) is 19.3 Å². The molecule has 0 bridgehead atoms. The van der Waals surface area contributed by atoms with Crippen LogP contribution in [0.15, 0.2) is 4.42 Å². The van der Waals surface area contributed by atoms with Gasteiger partial charge in [0.15, 0.2) is 0 Å².